The SMILES string of the molecule is CCCOc1c(Br)cc(CNCC(C)C)cc1OC. The maximum atomic E-state index is 5.71. The average Bonchev–Trinajstić information content (AvgIpc) is 2.36. The van der Waals surface area contributed by atoms with Crippen LogP contribution in [0.5, 0.6) is 11.5 Å². The number of halogens is 1. The van der Waals surface area contributed by atoms with Crippen molar-refractivity contribution < 1.29 is 9.47 Å². The van der Waals surface area contributed by atoms with Crippen LogP contribution in [0.3, 0.4) is 0 Å². The van der Waals surface area contributed by atoms with Crippen molar-refractivity contribution in [3.63, 3.8) is 0 Å². The average molecular weight is 330 g/mol. The van der Waals surface area contributed by atoms with Gasteiger partial charge in [0.15, 0.2) is 11.5 Å². The van der Waals surface area contributed by atoms with Gasteiger partial charge in [-0.1, -0.05) is 20.8 Å². The Morgan fingerprint density at radius 1 is 1.32 bits per heavy atom. The highest BCUT2D eigenvalue weighted by atomic mass is 79.9. The van der Waals surface area contributed by atoms with Crippen molar-refractivity contribution in [1.29, 1.82) is 0 Å². The summed E-state index contributed by atoms with van der Waals surface area (Å²) in [5.74, 6) is 2.22. The Balaban J connectivity index is 2.77. The molecule has 0 atom stereocenters. The molecule has 4 heteroatoms. The fourth-order valence-electron chi connectivity index (χ4n) is 1.72. The summed E-state index contributed by atoms with van der Waals surface area (Å²) < 4.78 is 12.1. The molecule has 0 amide bonds. The fraction of sp³-hybridized carbons (Fsp3) is 0.600. The zero-order chi connectivity index (χ0) is 14.3. The van der Waals surface area contributed by atoms with Crippen LogP contribution in [0.4, 0.5) is 0 Å². The van der Waals surface area contributed by atoms with Gasteiger partial charge in [-0.3, -0.25) is 0 Å². The maximum absolute atomic E-state index is 5.71. The quantitative estimate of drug-likeness (QED) is 0.782. The van der Waals surface area contributed by atoms with Crippen LogP contribution in [-0.4, -0.2) is 20.3 Å². The summed E-state index contributed by atoms with van der Waals surface area (Å²) in [5, 5.41) is 3.43. The number of methoxy groups -OCH3 is 1. The van der Waals surface area contributed by atoms with Crippen molar-refractivity contribution in [2.45, 2.75) is 33.7 Å². The molecule has 1 N–H and O–H groups in total. The van der Waals surface area contributed by atoms with E-state index in [1.54, 1.807) is 7.11 Å². The van der Waals surface area contributed by atoms with E-state index in [1.165, 1.54) is 5.56 Å². The van der Waals surface area contributed by atoms with Crippen LogP contribution in [0.15, 0.2) is 16.6 Å². The molecule has 0 aliphatic carbocycles. The number of hydrogen-bond acceptors (Lipinski definition) is 3. The van der Waals surface area contributed by atoms with Crippen molar-refractivity contribution in [2.24, 2.45) is 5.92 Å². The molecule has 0 saturated carbocycles. The molecule has 19 heavy (non-hydrogen) atoms. The molecule has 1 rings (SSSR count). The van der Waals surface area contributed by atoms with Crippen molar-refractivity contribution in [3.8, 4) is 11.5 Å². The molecule has 0 spiro atoms. The second kappa shape index (κ2) is 8.43. The Labute approximate surface area is 124 Å². The van der Waals surface area contributed by atoms with E-state index in [4.69, 9.17) is 9.47 Å². The van der Waals surface area contributed by atoms with Crippen molar-refractivity contribution in [2.75, 3.05) is 20.3 Å². The molecule has 0 fully saturated rings. The third kappa shape index (κ3) is 5.41. The molecule has 0 unspecified atom stereocenters. The molecule has 0 radical (unpaired) electrons. The summed E-state index contributed by atoms with van der Waals surface area (Å²) >= 11 is 3.56. The summed E-state index contributed by atoms with van der Waals surface area (Å²) in [6.45, 7) is 9.02. The number of benzene rings is 1. The van der Waals surface area contributed by atoms with Crippen molar-refractivity contribution in [1.82, 2.24) is 5.32 Å². The van der Waals surface area contributed by atoms with Gasteiger partial charge in [0.2, 0.25) is 0 Å². The van der Waals surface area contributed by atoms with Gasteiger partial charge < -0.3 is 14.8 Å². The van der Waals surface area contributed by atoms with Crippen LogP contribution in [0.25, 0.3) is 0 Å². The van der Waals surface area contributed by atoms with Crippen LogP contribution < -0.4 is 14.8 Å². The first kappa shape index (κ1) is 16.3. The third-order valence-electron chi connectivity index (χ3n) is 2.62. The van der Waals surface area contributed by atoms with E-state index in [0.29, 0.717) is 12.5 Å². The second-order valence-electron chi connectivity index (χ2n) is 4.98. The summed E-state index contributed by atoms with van der Waals surface area (Å²) in [5.41, 5.74) is 1.19. The highest BCUT2D eigenvalue weighted by Gasteiger charge is 2.11. The lowest BCUT2D eigenvalue weighted by molar-refractivity contribution is 0.292. The predicted octanol–water partition coefficient (Wildman–Crippen LogP) is 3.99. The molecule has 0 aliphatic rings. The molecular formula is C15H24BrNO2. The number of hydrogen-bond donors (Lipinski definition) is 1. The van der Waals surface area contributed by atoms with Crippen LogP contribution >= 0.6 is 15.9 Å². The number of rotatable bonds is 8. The van der Waals surface area contributed by atoms with Gasteiger partial charge in [0, 0.05) is 6.54 Å². The molecule has 108 valence electrons. The molecule has 1 aromatic carbocycles. The maximum Gasteiger partial charge on any atom is 0.175 e. The first-order chi connectivity index (χ1) is 9.08. The Bertz CT molecular complexity index is 394. The van der Waals surface area contributed by atoms with E-state index in [2.05, 4.69) is 48.1 Å². The summed E-state index contributed by atoms with van der Waals surface area (Å²) in [6.07, 6.45) is 0.979. The lowest BCUT2D eigenvalue weighted by Gasteiger charge is -2.14. The zero-order valence-corrected chi connectivity index (χ0v) is 13.8. The second-order valence-corrected chi connectivity index (χ2v) is 5.84. The van der Waals surface area contributed by atoms with Crippen LogP contribution in [0, 0.1) is 5.92 Å². The first-order valence-corrected chi connectivity index (χ1v) is 7.57. The minimum Gasteiger partial charge on any atom is -0.493 e. The minimum atomic E-state index is 0.650. The molecule has 0 bridgehead atoms. The third-order valence-corrected chi connectivity index (χ3v) is 3.21. The monoisotopic (exact) mass is 329 g/mol. The van der Waals surface area contributed by atoms with Gasteiger partial charge in [0.1, 0.15) is 0 Å². The molecule has 0 aliphatic heterocycles. The van der Waals surface area contributed by atoms with Gasteiger partial charge in [-0.25, -0.2) is 0 Å². The van der Waals surface area contributed by atoms with Gasteiger partial charge in [-0.05, 0) is 52.5 Å². The van der Waals surface area contributed by atoms with Gasteiger partial charge >= 0.3 is 0 Å². The molecular weight excluding hydrogens is 306 g/mol. The Kier molecular flexibility index (Phi) is 7.24. The smallest absolute Gasteiger partial charge is 0.175 e. The Morgan fingerprint density at radius 3 is 2.63 bits per heavy atom. The molecule has 0 heterocycles. The van der Waals surface area contributed by atoms with E-state index in [9.17, 15) is 0 Å². The van der Waals surface area contributed by atoms with Gasteiger partial charge in [-0.15, -0.1) is 0 Å². The van der Waals surface area contributed by atoms with Crippen molar-refractivity contribution in [3.05, 3.63) is 22.2 Å². The minimum absolute atomic E-state index is 0.650. The lowest BCUT2D eigenvalue weighted by Crippen LogP contribution is -2.19. The predicted molar refractivity (Wildman–Crippen MR) is 83.0 cm³/mol. The first-order valence-electron chi connectivity index (χ1n) is 6.78. The lowest BCUT2D eigenvalue weighted by atomic mass is 10.2. The number of nitrogens with one attached hydrogen (secondary N) is 1. The molecule has 1 aromatic rings. The molecule has 3 nitrogen and oxygen atoms in total. The Hall–Kier alpha value is -0.740. The zero-order valence-electron chi connectivity index (χ0n) is 12.3. The van der Waals surface area contributed by atoms with Crippen LogP contribution in [0.2, 0.25) is 0 Å². The van der Waals surface area contributed by atoms with Gasteiger partial charge in [0.25, 0.3) is 0 Å². The van der Waals surface area contributed by atoms with E-state index in [-0.39, 0.29) is 0 Å². The van der Waals surface area contributed by atoms with E-state index >= 15 is 0 Å². The number of ether oxygens (including phenoxy) is 2. The largest absolute Gasteiger partial charge is 0.493 e. The fourth-order valence-corrected chi connectivity index (χ4v) is 2.33. The van der Waals surface area contributed by atoms with E-state index in [1.807, 2.05) is 6.07 Å². The standard InChI is InChI=1S/C15H24BrNO2/c1-5-6-19-15-13(16)7-12(8-14(15)18-4)10-17-9-11(2)3/h7-8,11,17H,5-6,9-10H2,1-4H3. The van der Waals surface area contributed by atoms with Gasteiger partial charge in [-0.2, -0.15) is 0 Å². The van der Waals surface area contributed by atoms with Gasteiger partial charge in [0.05, 0.1) is 18.2 Å². The summed E-state index contributed by atoms with van der Waals surface area (Å²) in [4.78, 5) is 0. The summed E-state index contributed by atoms with van der Waals surface area (Å²) in [7, 11) is 1.67. The highest BCUT2D eigenvalue weighted by molar-refractivity contribution is 9.10. The van der Waals surface area contributed by atoms with Crippen molar-refractivity contribution >= 4 is 15.9 Å². The van der Waals surface area contributed by atoms with E-state index in [0.717, 1.165) is 35.5 Å². The topological polar surface area (TPSA) is 30.5 Å². The van der Waals surface area contributed by atoms with Crippen LogP contribution in [0.1, 0.15) is 32.8 Å². The van der Waals surface area contributed by atoms with E-state index < -0.39 is 0 Å². The molecule has 0 aromatic heterocycles. The summed E-state index contributed by atoms with van der Waals surface area (Å²) in [6, 6.07) is 4.12. The normalized spacial score (nSPS) is 10.8. The van der Waals surface area contributed by atoms with Crippen LogP contribution in [-0.2, 0) is 6.54 Å². The molecule has 0 saturated heterocycles. The highest BCUT2D eigenvalue weighted by Crippen LogP contribution is 2.36. The Morgan fingerprint density at radius 2 is 2.05 bits per heavy atom.